The van der Waals surface area contributed by atoms with Crippen LogP contribution < -0.4 is 20.3 Å². The van der Waals surface area contributed by atoms with E-state index in [9.17, 15) is 14.4 Å². The van der Waals surface area contributed by atoms with Gasteiger partial charge in [-0.05, 0) is 36.2 Å². The Hall–Kier alpha value is -2.87. The van der Waals surface area contributed by atoms with Gasteiger partial charge in [-0.3, -0.25) is 19.3 Å². The Labute approximate surface area is 196 Å². The summed E-state index contributed by atoms with van der Waals surface area (Å²) in [5, 5.41) is 5.68. The van der Waals surface area contributed by atoms with E-state index in [2.05, 4.69) is 33.5 Å². The highest BCUT2D eigenvalue weighted by Gasteiger charge is 2.41. The maximum Gasteiger partial charge on any atom is 0.269 e. The van der Waals surface area contributed by atoms with Crippen LogP contribution in [0.4, 0.5) is 5.69 Å². The second kappa shape index (κ2) is 11.1. The monoisotopic (exact) mass is 501 g/mol. The van der Waals surface area contributed by atoms with E-state index >= 15 is 0 Å². The number of carbonyl (C=O) groups excluding carboxylic acids is 3. The average Bonchev–Trinajstić information content (AvgIpc) is 2.76. The van der Waals surface area contributed by atoms with E-state index in [1.54, 1.807) is 12.1 Å². The van der Waals surface area contributed by atoms with Crippen LogP contribution in [-0.4, -0.2) is 36.9 Å². The Balaban J connectivity index is 2.00. The predicted octanol–water partition coefficient (Wildman–Crippen LogP) is 3.73. The van der Waals surface area contributed by atoms with Gasteiger partial charge in [-0.25, -0.2) is 0 Å². The lowest BCUT2D eigenvalue weighted by atomic mass is 10.00. The molecule has 2 atom stereocenters. The first-order valence-corrected chi connectivity index (χ1v) is 11.6. The summed E-state index contributed by atoms with van der Waals surface area (Å²) in [6.07, 6.45) is 1.29. The summed E-state index contributed by atoms with van der Waals surface area (Å²) in [6.45, 7) is 4.31. The van der Waals surface area contributed by atoms with Crippen molar-refractivity contribution in [3.05, 3.63) is 58.6 Å². The molecule has 32 heavy (non-hydrogen) atoms. The van der Waals surface area contributed by atoms with Gasteiger partial charge in [0, 0.05) is 30.9 Å². The molecule has 2 N–H and O–H groups in total. The molecule has 0 saturated carbocycles. The van der Waals surface area contributed by atoms with Crippen LogP contribution in [0.5, 0.6) is 5.75 Å². The second-order valence-corrected chi connectivity index (χ2v) is 8.57. The molecule has 8 heteroatoms. The van der Waals surface area contributed by atoms with Crippen molar-refractivity contribution in [1.82, 2.24) is 10.6 Å². The molecule has 1 aliphatic rings. The molecular weight excluding hydrogens is 474 g/mol. The molecule has 1 aliphatic heterocycles. The van der Waals surface area contributed by atoms with Crippen molar-refractivity contribution in [3.63, 3.8) is 0 Å². The third-order valence-electron chi connectivity index (χ3n) is 5.19. The molecule has 2 aromatic rings. The number of unbranched alkanes of at least 4 members (excludes halogenated alkanes) is 1. The van der Waals surface area contributed by atoms with E-state index in [-0.39, 0.29) is 17.7 Å². The van der Waals surface area contributed by atoms with Crippen molar-refractivity contribution in [2.24, 2.45) is 0 Å². The zero-order valence-corrected chi connectivity index (χ0v) is 19.9. The van der Waals surface area contributed by atoms with Crippen molar-refractivity contribution in [1.29, 1.82) is 0 Å². The number of amides is 3. The zero-order chi connectivity index (χ0) is 23.1. The van der Waals surface area contributed by atoms with Crippen molar-refractivity contribution in [3.8, 4) is 5.75 Å². The van der Waals surface area contributed by atoms with Crippen molar-refractivity contribution in [2.75, 3.05) is 18.0 Å². The van der Waals surface area contributed by atoms with Crippen LogP contribution in [0, 0.1) is 0 Å². The van der Waals surface area contributed by atoms with Crippen LogP contribution >= 0.6 is 15.9 Å². The number of halogens is 1. The Morgan fingerprint density at radius 1 is 1.12 bits per heavy atom. The second-order valence-electron chi connectivity index (χ2n) is 7.66. The third-order valence-corrected chi connectivity index (χ3v) is 5.68. The quantitative estimate of drug-likeness (QED) is 0.512. The summed E-state index contributed by atoms with van der Waals surface area (Å²) in [5.41, 5.74) is 1.24. The zero-order valence-electron chi connectivity index (χ0n) is 18.3. The molecule has 170 valence electrons. The van der Waals surface area contributed by atoms with Gasteiger partial charge in [0.2, 0.25) is 11.8 Å². The molecule has 2 aromatic carbocycles. The van der Waals surface area contributed by atoms with Gasteiger partial charge < -0.3 is 15.4 Å². The molecule has 3 rings (SSSR count). The number of anilines is 1. The van der Waals surface area contributed by atoms with E-state index in [0.29, 0.717) is 36.5 Å². The third kappa shape index (κ3) is 5.68. The number of rotatable bonds is 9. The summed E-state index contributed by atoms with van der Waals surface area (Å²) in [7, 11) is 0. The first-order chi connectivity index (χ1) is 15.4. The largest absolute Gasteiger partial charge is 0.478 e. The first-order valence-electron chi connectivity index (χ1n) is 10.8. The highest BCUT2D eigenvalue weighted by molar-refractivity contribution is 9.10. The maximum atomic E-state index is 13.6. The number of para-hydroxylation sites is 2. The fraction of sp³-hybridized carbons (Fsp3) is 0.375. The molecular formula is C24H28BrN3O4. The van der Waals surface area contributed by atoms with Crippen LogP contribution in [0.25, 0.3) is 0 Å². The summed E-state index contributed by atoms with van der Waals surface area (Å²) in [4.78, 5) is 39.8. The first kappa shape index (κ1) is 23.8. The summed E-state index contributed by atoms with van der Waals surface area (Å²) in [6, 6.07) is 13.8. The number of hydrogen-bond acceptors (Lipinski definition) is 4. The lowest BCUT2D eigenvalue weighted by Gasteiger charge is -2.38. The normalized spacial score (nSPS) is 16.0. The topological polar surface area (TPSA) is 87.7 Å². The molecule has 1 heterocycles. The SMILES string of the molecule is CCCCNC(=O)[C@@H](c1cccc(Br)c1)N1C(=O)[C@@H](CCNC(C)=O)Oc2ccccc21. The molecule has 3 amide bonds. The molecule has 0 aliphatic carbocycles. The van der Waals surface area contributed by atoms with E-state index in [0.717, 1.165) is 17.3 Å². The highest BCUT2D eigenvalue weighted by Crippen LogP contribution is 2.40. The lowest BCUT2D eigenvalue weighted by molar-refractivity contribution is -0.131. The standard InChI is InChI=1S/C24H28BrN3O4/c1-3-4-13-27-23(30)22(17-8-7-9-18(25)15-17)28-19-10-5-6-11-20(19)32-21(24(28)31)12-14-26-16(2)29/h5-11,15,21-22H,3-4,12-14H2,1-2H3,(H,26,29)(H,27,30)/t21-,22-/m1/s1. The summed E-state index contributed by atoms with van der Waals surface area (Å²) in [5.74, 6) is -0.207. The Bertz CT molecular complexity index is 981. The Morgan fingerprint density at radius 3 is 2.62 bits per heavy atom. The summed E-state index contributed by atoms with van der Waals surface area (Å²) < 4.78 is 6.78. The van der Waals surface area contributed by atoms with E-state index in [1.165, 1.54) is 11.8 Å². The minimum absolute atomic E-state index is 0.173. The van der Waals surface area contributed by atoms with Crippen LogP contribution in [0.1, 0.15) is 44.7 Å². The predicted molar refractivity (Wildman–Crippen MR) is 126 cm³/mol. The molecule has 0 unspecified atom stereocenters. The number of nitrogens with zero attached hydrogens (tertiary/aromatic N) is 1. The number of benzene rings is 2. The van der Waals surface area contributed by atoms with Gasteiger partial charge in [-0.1, -0.05) is 53.5 Å². The number of carbonyl (C=O) groups is 3. The van der Waals surface area contributed by atoms with Crippen LogP contribution in [0.15, 0.2) is 53.0 Å². The van der Waals surface area contributed by atoms with Crippen LogP contribution in [0.3, 0.4) is 0 Å². The Kier molecular flexibility index (Phi) is 8.27. The molecule has 0 radical (unpaired) electrons. The highest BCUT2D eigenvalue weighted by atomic mass is 79.9. The number of fused-ring (bicyclic) bond motifs is 1. The van der Waals surface area contributed by atoms with Gasteiger partial charge in [0.15, 0.2) is 6.10 Å². The smallest absolute Gasteiger partial charge is 0.269 e. The van der Waals surface area contributed by atoms with Crippen LogP contribution in [0.2, 0.25) is 0 Å². The molecule has 0 bridgehead atoms. The molecule has 0 aromatic heterocycles. The Morgan fingerprint density at radius 2 is 1.91 bits per heavy atom. The molecule has 0 saturated heterocycles. The van der Waals surface area contributed by atoms with Crippen molar-refractivity contribution >= 4 is 39.3 Å². The fourth-order valence-electron chi connectivity index (χ4n) is 3.64. The van der Waals surface area contributed by atoms with Gasteiger partial charge >= 0.3 is 0 Å². The minimum atomic E-state index is -0.856. The van der Waals surface area contributed by atoms with E-state index in [1.807, 2.05) is 36.4 Å². The summed E-state index contributed by atoms with van der Waals surface area (Å²) >= 11 is 3.47. The fourth-order valence-corrected chi connectivity index (χ4v) is 4.06. The van der Waals surface area contributed by atoms with Gasteiger partial charge in [-0.15, -0.1) is 0 Å². The lowest BCUT2D eigenvalue weighted by Crippen LogP contribution is -2.52. The number of hydrogen-bond donors (Lipinski definition) is 2. The minimum Gasteiger partial charge on any atom is -0.478 e. The van der Waals surface area contributed by atoms with Gasteiger partial charge in [0.05, 0.1) is 5.69 Å². The molecule has 7 nitrogen and oxygen atoms in total. The number of nitrogens with one attached hydrogen (secondary N) is 2. The van der Waals surface area contributed by atoms with Gasteiger partial charge in [0.25, 0.3) is 5.91 Å². The van der Waals surface area contributed by atoms with Gasteiger partial charge in [0.1, 0.15) is 11.8 Å². The number of ether oxygens (including phenoxy) is 1. The molecule has 0 spiro atoms. The maximum absolute atomic E-state index is 13.6. The van der Waals surface area contributed by atoms with Crippen LogP contribution in [-0.2, 0) is 14.4 Å². The average molecular weight is 502 g/mol. The van der Waals surface area contributed by atoms with Crippen molar-refractivity contribution in [2.45, 2.75) is 45.3 Å². The van der Waals surface area contributed by atoms with Gasteiger partial charge in [-0.2, -0.15) is 0 Å². The molecule has 0 fully saturated rings. The van der Waals surface area contributed by atoms with Crippen molar-refractivity contribution < 1.29 is 19.1 Å². The van der Waals surface area contributed by atoms with E-state index in [4.69, 9.17) is 4.74 Å². The van der Waals surface area contributed by atoms with E-state index < -0.39 is 12.1 Å².